The van der Waals surface area contributed by atoms with E-state index >= 15 is 0 Å². The van der Waals surface area contributed by atoms with E-state index in [0.29, 0.717) is 21.9 Å². The Morgan fingerprint density at radius 3 is 2.45 bits per heavy atom. The molecule has 3 aromatic carbocycles. The number of thiophene rings is 1. The Bertz CT molecular complexity index is 1180. The van der Waals surface area contributed by atoms with Crippen LogP contribution < -0.4 is 9.47 Å². The van der Waals surface area contributed by atoms with Gasteiger partial charge in [0, 0.05) is 20.1 Å². The number of ether oxygens (including phenoxy) is 2. The van der Waals surface area contributed by atoms with Gasteiger partial charge >= 0.3 is 0 Å². The Hall–Kier alpha value is -2.63. The molecule has 3 nitrogen and oxygen atoms in total. The highest BCUT2D eigenvalue weighted by Crippen LogP contribution is 2.43. The summed E-state index contributed by atoms with van der Waals surface area (Å²) in [7, 11) is 1.64. The van der Waals surface area contributed by atoms with E-state index in [1.165, 1.54) is 11.3 Å². The molecule has 4 rings (SSSR count). The lowest BCUT2D eigenvalue weighted by atomic mass is 10.0. The molecule has 0 N–H and O–H groups in total. The number of halogens is 1. The van der Waals surface area contributed by atoms with Crippen molar-refractivity contribution in [2.24, 2.45) is 0 Å². The maximum atomic E-state index is 13.5. The van der Waals surface area contributed by atoms with Gasteiger partial charge in [-0.25, -0.2) is 0 Å². The lowest BCUT2D eigenvalue weighted by Gasteiger charge is -2.10. The highest BCUT2D eigenvalue weighted by molar-refractivity contribution is 9.10. The van der Waals surface area contributed by atoms with Crippen LogP contribution in [0, 0.1) is 0 Å². The summed E-state index contributed by atoms with van der Waals surface area (Å²) >= 11 is 4.88. The first-order valence-electron chi connectivity index (χ1n) is 9.27. The molecule has 0 saturated heterocycles. The number of hydrogen-bond donors (Lipinski definition) is 0. The van der Waals surface area contributed by atoms with E-state index in [2.05, 4.69) is 22.9 Å². The average molecular weight is 467 g/mol. The minimum absolute atomic E-state index is 0.0188. The molecule has 5 heteroatoms. The molecule has 1 aromatic heterocycles. The number of carbonyl (C=O) groups excluding carboxylic acids is 1. The van der Waals surface area contributed by atoms with E-state index in [4.69, 9.17) is 9.47 Å². The van der Waals surface area contributed by atoms with Crippen molar-refractivity contribution in [1.82, 2.24) is 0 Å². The Balaban J connectivity index is 1.87. The highest BCUT2D eigenvalue weighted by atomic mass is 79.9. The summed E-state index contributed by atoms with van der Waals surface area (Å²) in [5, 5.41) is 0.899. The Labute approximate surface area is 182 Å². The maximum absolute atomic E-state index is 13.5. The molecule has 0 atom stereocenters. The van der Waals surface area contributed by atoms with Crippen molar-refractivity contribution < 1.29 is 14.3 Å². The Morgan fingerprint density at radius 1 is 1.00 bits per heavy atom. The predicted molar refractivity (Wildman–Crippen MR) is 122 cm³/mol. The zero-order chi connectivity index (χ0) is 20.4. The highest BCUT2D eigenvalue weighted by Gasteiger charge is 2.23. The first-order chi connectivity index (χ1) is 14.1. The molecule has 0 aliphatic rings. The van der Waals surface area contributed by atoms with Gasteiger partial charge in [-0.2, -0.15) is 0 Å². The molecular formula is C24H19BrO3S. The molecule has 0 amide bonds. The summed E-state index contributed by atoms with van der Waals surface area (Å²) in [5.41, 5.74) is 1.75. The number of benzene rings is 3. The molecule has 0 radical (unpaired) electrons. The fourth-order valence-corrected chi connectivity index (χ4v) is 4.60. The topological polar surface area (TPSA) is 35.5 Å². The van der Waals surface area contributed by atoms with Gasteiger partial charge in [-0.15, -0.1) is 11.3 Å². The summed E-state index contributed by atoms with van der Waals surface area (Å²) in [6.07, 6.45) is 0.795. The number of fused-ring (bicyclic) bond motifs is 1. The number of ketones is 1. The fraction of sp³-hybridized carbons (Fsp3) is 0.125. The summed E-state index contributed by atoms with van der Waals surface area (Å²) < 4.78 is 13.5. The molecule has 0 fully saturated rings. The summed E-state index contributed by atoms with van der Waals surface area (Å²) in [6.45, 7) is 2.06. The van der Waals surface area contributed by atoms with E-state index in [1.54, 1.807) is 7.11 Å². The first-order valence-corrected chi connectivity index (χ1v) is 10.9. The number of rotatable bonds is 6. The second-order valence-electron chi connectivity index (χ2n) is 6.52. The molecule has 29 heavy (non-hydrogen) atoms. The number of carbonyl (C=O) groups is 1. The van der Waals surface area contributed by atoms with Crippen molar-refractivity contribution in [3.8, 4) is 17.2 Å². The minimum Gasteiger partial charge on any atom is -0.497 e. The fourth-order valence-electron chi connectivity index (χ4n) is 3.22. The minimum atomic E-state index is -0.0188. The van der Waals surface area contributed by atoms with Gasteiger partial charge in [-0.1, -0.05) is 47.1 Å². The van der Waals surface area contributed by atoms with Crippen LogP contribution in [-0.4, -0.2) is 12.9 Å². The van der Waals surface area contributed by atoms with Crippen molar-refractivity contribution in [3.63, 3.8) is 0 Å². The molecule has 0 saturated carbocycles. The molecule has 0 unspecified atom stereocenters. The van der Waals surface area contributed by atoms with Crippen LogP contribution >= 0.6 is 27.3 Å². The van der Waals surface area contributed by atoms with Gasteiger partial charge in [0.15, 0.2) is 5.75 Å². The Morgan fingerprint density at radius 2 is 1.72 bits per heavy atom. The van der Waals surface area contributed by atoms with E-state index < -0.39 is 0 Å². The van der Waals surface area contributed by atoms with Gasteiger partial charge in [-0.05, 0) is 54.4 Å². The van der Waals surface area contributed by atoms with Gasteiger partial charge < -0.3 is 9.47 Å². The first kappa shape index (κ1) is 19.7. The summed E-state index contributed by atoms with van der Waals surface area (Å²) in [4.78, 5) is 14.1. The molecule has 1 heterocycles. The van der Waals surface area contributed by atoms with Gasteiger partial charge in [-0.3, -0.25) is 4.79 Å². The van der Waals surface area contributed by atoms with Crippen LogP contribution in [0.15, 0.2) is 71.2 Å². The van der Waals surface area contributed by atoms with E-state index in [0.717, 1.165) is 32.3 Å². The average Bonchev–Trinajstić information content (AvgIpc) is 3.12. The second-order valence-corrected chi connectivity index (χ2v) is 8.49. The monoisotopic (exact) mass is 466 g/mol. The normalized spacial score (nSPS) is 10.9. The predicted octanol–water partition coefficient (Wildman–Crippen LogP) is 7.26. The molecule has 0 aliphatic carbocycles. The lowest BCUT2D eigenvalue weighted by Crippen LogP contribution is -2.04. The van der Waals surface area contributed by atoms with Gasteiger partial charge in [0.05, 0.1) is 7.11 Å². The molecule has 146 valence electrons. The molecule has 0 bridgehead atoms. The lowest BCUT2D eigenvalue weighted by molar-refractivity contribution is 0.104. The Kier molecular flexibility index (Phi) is 5.69. The molecule has 0 aliphatic heterocycles. The molecule has 4 aromatic rings. The van der Waals surface area contributed by atoms with Crippen LogP contribution in [0.4, 0.5) is 0 Å². The van der Waals surface area contributed by atoms with Crippen LogP contribution in [0.25, 0.3) is 10.1 Å². The second kappa shape index (κ2) is 8.39. The van der Waals surface area contributed by atoms with Crippen LogP contribution in [0.1, 0.15) is 27.7 Å². The summed E-state index contributed by atoms with van der Waals surface area (Å²) in [6, 6.07) is 21.1. The van der Waals surface area contributed by atoms with Crippen molar-refractivity contribution in [2.45, 2.75) is 13.3 Å². The zero-order valence-corrected chi connectivity index (χ0v) is 18.5. The van der Waals surface area contributed by atoms with Crippen LogP contribution in [0.5, 0.6) is 17.2 Å². The van der Waals surface area contributed by atoms with Crippen molar-refractivity contribution in [1.29, 1.82) is 0 Å². The third-order valence-electron chi connectivity index (χ3n) is 4.73. The van der Waals surface area contributed by atoms with Crippen molar-refractivity contribution in [2.75, 3.05) is 7.11 Å². The van der Waals surface area contributed by atoms with Crippen molar-refractivity contribution >= 4 is 43.1 Å². The van der Waals surface area contributed by atoms with Crippen LogP contribution in [0.3, 0.4) is 0 Å². The molecule has 0 spiro atoms. The quantitative estimate of drug-likeness (QED) is 0.280. The maximum Gasteiger partial charge on any atom is 0.207 e. The largest absolute Gasteiger partial charge is 0.497 e. The number of methoxy groups -OCH3 is 1. The number of hydrogen-bond acceptors (Lipinski definition) is 4. The standard InChI is InChI=1S/C24H19BrO3S/c1-3-15-6-4-5-7-19(15)22(26)24-23(28-17-10-8-16(25)9-11-17)20-13-12-18(27-2)14-21(20)29-24/h4-14H,3H2,1-2H3. The summed E-state index contributed by atoms with van der Waals surface area (Å²) in [5.74, 6) is 2.00. The van der Waals surface area contributed by atoms with Gasteiger partial charge in [0.2, 0.25) is 5.78 Å². The smallest absolute Gasteiger partial charge is 0.207 e. The van der Waals surface area contributed by atoms with Crippen LogP contribution in [0.2, 0.25) is 0 Å². The van der Waals surface area contributed by atoms with E-state index in [9.17, 15) is 4.79 Å². The number of aryl methyl sites for hydroxylation is 1. The molecular weight excluding hydrogens is 448 g/mol. The van der Waals surface area contributed by atoms with Gasteiger partial charge in [0.25, 0.3) is 0 Å². The van der Waals surface area contributed by atoms with Gasteiger partial charge in [0.1, 0.15) is 16.4 Å². The zero-order valence-electron chi connectivity index (χ0n) is 16.1. The SMILES string of the molecule is CCc1ccccc1C(=O)c1sc2cc(OC)ccc2c1Oc1ccc(Br)cc1. The third kappa shape index (κ3) is 3.93. The van der Waals surface area contributed by atoms with E-state index in [1.807, 2.05) is 66.7 Å². The van der Waals surface area contributed by atoms with Crippen LogP contribution in [-0.2, 0) is 6.42 Å². The van der Waals surface area contributed by atoms with E-state index in [-0.39, 0.29) is 5.78 Å². The third-order valence-corrected chi connectivity index (χ3v) is 6.40. The van der Waals surface area contributed by atoms with Crippen molar-refractivity contribution in [3.05, 3.63) is 87.2 Å².